The maximum Gasteiger partial charge on any atom is 0.271 e. The molecule has 2 rings (SSSR count). The maximum atomic E-state index is 12.5. The Hall–Kier alpha value is -2.31. The van der Waals surface area contributed by atoms with Gasteiger partial charge in [0.15, 0.2) is 0 Å². The Morgan fingerprint density at radius 3 is 2.32 bits per heavy atom. The summed E-state index contributed by atoms with van der Waals surface area (Å²) in [4.78, 5) is 22.6. The second-order valence-corrected chi connectivity index (χ2v) is 7.26. The molecule has 0 saturated carbocycles. The van der Waals surface area contributed by atoms with E-state index in [9.17, 15) is 20.0 Å². The van der Waals surface area contributed by atoms with Crippen molar-refractivity contribution in [2.75, 3.05) is 5.32 Å². The molecule has 0 aliphatic heterocycles. The molecule has 0 atom stereocenters. The highest BCUT2D eigenvalue weighted by atomic mass is 35.5. The number of aromatic hydroxyl groups is 1. The first-order valence-electron chi connectivity index (χ1n) is 7.29. The van der Waals surface area contributed by atoms with Gasteiger partial charge in [0.05, 0.1) is 21.2 Å². The minimum atomic E-state index is -0.601. The first-order chi connectivity index (χ1) is 11.5. The predicted octanol–water partition coefficient (Wildman–Crippen LogP) is 5.16. The molecule has 0 fully saturated rings. The third-order valence-corrected chi connectivity index (χ3v) is 4.16. The summed E-state index contributed by atoms with van der Waals surface area (Å²) in [5.74, 6) is -0.814. The summed E-state index contributed by atoms with van der Waals surface area (Å²) in [6.07, 6.45) is 0. The average Bonchev–Trinajstić information content (AvgIpc) is 2.47. The minimum absolute atomic E-state index is 0.0204. The molecule has 0 radical (unpaired) electrons. The molecule has 0 unspecified atom stereocenters. The van der Waals surface area contributed by atoms with Crippen LogP contribution >= 0.6 is 23.2 Å². The molecular weight excluding hydrogens is 367 g/mol. The van der Waals surface area contributed by atoms with Crippen molar-refractivity contribution in [2.45, 2.75) is 26.2 Å². The summed E-state index contributed by atoms with van der Waals surface area (Å²) in [5, 5.41) is 24.1. The van der Waals surface area contributed by atoms with Crippen LogP contribution in [0, 0.1) is 10.1 Å². The molecule has 2 N–H and O–H groups in total. The van der Waals surface area contributed by atoms with E-state index in [0.717, 1.165) is 6.07 Å². The Morgan fingerprint density at radius 1 is 1.16 bits per heavy atom. The van der Waals surface area contributed by atoms with Crippen LogP contribution in [0.15, 0.2) is 30.3 Å². The van der Waals surface area contributed by atoms with Crippen LogP contribution in [0.4, 0.5) is 11.4 Å². The molecule has 6 nitrogen and oxygen atoms in total. The zero-order valence-electron chi connectivity index (χ0n) is 13.8. The van der Waals surface area contributed by atoms with Crippen molar-refractivity contribution in [1.29, 1.82) is 0 Å². The summed E-state index contributed by atoms with van der Waals surface area (Å²) in [6, 6.07) is 6.63. The van der Waals surface area contributed by atoms with Gasteiger partial charge in [0, 0.05) is 22.7 Å². The van der Waals surface area contributed by atoms with Gasteiger partial charge in [-0.05, 0) is 23.6 Å². The van der Waals surface area contributed by atoms with E-state index in [1.165, 1.54) is 24.3 Å². The van der Waals surface area contributed by atoms with E-state index in [4.69, 9.17) is 23.2 Å². The van der Waals surface area contributed by atoms with Crippen LogP contribution in [0.25, 0.3) is 0 Å². The number of amides is 1. The number of carbonyl (C=O) groups is 1. The van der Waals surface area contributed by atoms with Gasteiger partial charge in [0.1, 0.15) is 5.75 Å². The first kappa shape index (κ1) is 19.0. The maximum absolute atomic E-state index is 12.5. The number of anilines is 1. The number of nitrogens with one attached hydrogen (secondary N) is 1. The number of nitro groups is 1. The molecule has 0 spiro atoms. The van der Waals surface area contributed by atoms with Crippen LogP contribution < -0.4 is 5.32 Å². The predicted molar refractivity (Wildman–Crippen MR) is 97.9 cm³/mol. The number of phenols is 1. The van der Waals surface area contributed by atoms with Gasteiger partial charge >= 0.3 is 0 Å². The molecule has 1 amide bonds. The monoisotopic (exact) mass is 382 g/mol. The van der Waals surface area contributed by atoms with E-state index < -0.39 is 16.2 Å². The number of rotatable bonds is 3. The van der Waals surface area contributed by atoms with E-state index >= 15 is 0 Å². The number of benzene rings is 2. The lowest BCUT2D eigenvalue weighted by Gasteiger charge is -2.23. The van der Waals surface area contributed by atoms with Crippen LogP contribution in [0.3, 0.4) is 0 Å². The molecule has 25 heavy (non-hydrogen) atoms. The third kappa shape index (κ3) is 4.03. The second-order valence-electron chi connectivity index (χ2n) is 6.44. The Balaban J connectivity index is 2.38. The minimum Gasteiger partial charge on any atom is -0.507 e. The Kier molecular flexibility index (Phi) is 5.25. The highest BCUT2D eigenvalue weighted by Gasteiger charge is 2.26. The molecule has 2 aromatic carbocycles. The van der Waals surface area contributed by atoms with Crippen LogP contribution in [0.1, 0.15) is 36.7 Å². The number of halogens is 2. The summed E-state index contributed by atoms with van der Waals surface area (Å²) in [7, 11) is 0. The van der Waals surface area contributed by atoms with E-state index in [0.29, 0.717) is 10.6 Å². The lowest BCUT2D eigenvalue weighted by atomic mass is 9.85. The van der Waals surface area contributed by atoms with Gasteiger partial charge in [-0.2, -0.15) is 0 Å². The van der Waals surface area contributed by atoms with Gasteiger partial charge in [-0.25, -0.2) is 0 Å². The molecule has 2 aromatic rings. The van der Waals surface area contributed by atoms with Crippen molar-refractivity contribution < 1.29 is 14.8 Å². The molecule has 0 aliphatic rings. The van der Waals surface area contributed by atoms with Crippen LogP contribution in [0.2, 0.25) is 10.0 Å². The van der Waals surface area contributed by atoms with E-state index in [1.54, 1.807) is 0 Å². The summed E-state index contributed by atoms with van der Waals surface area (Å²) in [5.41, 5.74) is 0.0271. The van der Waals surface area contributed by atoms with Crippen molar-refractivity contribution in [3.63, 3.8) is 0 Å². The van der Waals surface area contributed by atoms with E-state index in [1.807, 2.05) is 20.8 Å². The highest BCUT2D eigenvalue weighted by Crippen LogP contribution is 2.39. The number of hydrogen-bond donors (Lipinski definition) is 2. The lowest BCUT2D eigenvalue weighted by Crippen LogP contribution is -2.17. The standard InChI is InChI=1S/C17H16Cl2N2O4/c1-17(2,3)14-11(18)6-5-10(15(14)22)16(23)20-13-7-4-9(21(24)25)8-12(13)19/h4-8,22H,1-3H3,(H,20,23). The summed E-state index contributed by atoms with van der Waals surface area (Å²) < 4.78 is 0. The van der Waals surface area contributed by atoms with Crippen LogP contribution in [0.5, 0.6) is 5.75 Å². The van der Waals surface area contributed by atoms with Crippen molar-refractivity contribution in [3.05, 3.63) is 61.6 Å². The zero-order valence-corrected chi connectivity index (χ0v) is 15.3. The average molecular weight is 383 g/mol. The fraction of sp³-hybridized carbons (Fsp3) is 0.235. The Morgan fingerprint density at radius 2 is 1.80 bits per heavy atom. The summed E-state index contributed by atoms with van der Waals surface area (Å²) in [6.45, 7) is 5.59. The van der Waals surface area contributed by atoms with Gasteiger partial charge in [-0.3, -0.25) is 14.9 Å². The van der Waals surface area contributed by atoms with Crippen molar-refractivity contribution in [3.8, 4) is 5.75 Å². The summed E-state index contributed by atoms with van der Waals surface area (Å²) >= 11 is 12.1. The Bertz CT molecular complexity index is 860. The molecular formula is C17H16Cl2N2O4. The highest BCUT2D eigenvalue weighted by molar-refractivity contribution is 6.34. The molecule has 8 heteroatoms. The molecule has 0 aromatic heterocycles. The SMILES string of the molecule is CC(C)(C)c1c(Cl)ccc(C(=O)Nc2ccc([N+](=O)[O-])cc2Cl)c1O. The first-order valence-corrected chi connectivity index (χ1v) is 8.05. The fourth-order valence-electron chi connectivity index (χ4n) is 2.37. The number of hydrogen-bond acceptors (Lipinski definition) is 4. The quantitative estimate of drug-likeness (QED) is 0.566. The van der Waals surface area contributed by atoms with Crippen LogP contribution in [-0.2, 0) is 5.41 Å². The van der Waals surface area contributed by atoms with Gasteiger partial charge < -0.3 is 10.4 Å². The van der Waals surface area contributed by atoms with Gasteiger partial charge in [-0.15, -0.1) is 0 Å². The van der Waals surface area contributed by atoms with Gasteiger partial charge in [0.25, 0.3) is 11.6 Å². The number of carbonyl (C=O) groups excluding carboxylic acids is 1. The molecule has 0 saturated heterocycles. The lowest BCUT2D eigenvalue weighted by molar-refractivity contribution is -0.384. The number of nitrogens with zero attached hydrogens (tertiary/aromatic N) is 1. The smallest absolute Gasteiger partial charge is 0.271 e. The number of non-ortho nitro benzene ring substituents is 1. The molecule has 132 valence electrons. The van der Waals surface area contributed by atoms with E-state index in [-0.39, 0.29) is 27.7 Å². The topological polar surface area (TPSA) is 92.5 Å². The number of nitro benzene ring substituents is 1. The van der Waals surface area contributed by atoms with E-state index in [2.05, 4.69) is 5.32 Å². The van der Waals surface area contributed by atoms with Crippen LogP contribution in [-0.4, -0.2) is 15.9 Å². The molecule has 0 heterocycles. The molecule has 0 aliphatic carbocycles. The van der Waals surface area contributed by atoms with Crippen molar-refractivity contribution >= 4 is 40.5 Å². The largest absolute Gasteiger partial charge is 0.507 e. The second kappa shape index (κ2) is 6.90. The van der Waals surface area contributed by atoms with Gasteiger partial charge in [0.2, 0.25) is 0 Å². The number of phenolic OH excluding ortho intramolecular Hbond substituents is 1. The molecule has 0 bridgehead atoms. The normalized spacial score (nSPS) is 11.2. The third-order valence-electron chi connectivity index (χ3n) is 3.53. The van der Waals surface area contributed by atoms with Crippen molar-refractivity contribution in [1.82, 2.24) is 0 Å². The Labute approximate surface area is 154 Å². The fourth-order valence-corrected chi connectivity index (χ4v) is 3.03. The zero-order chi connectivity index (χ0) is 18.9. The van der Waals surface area contributed by atoms with Crippen molar-refractivity contribution in [2.24, 2.45) is 0 Å². The van der Waals surface area contributed by atoms with Gasteiger partial charge in [-0.1, -0.05) is 44.0 Å².